The first-order valence-corrected chi connectivity index (χ1v) is 8.31. The maximum Gasteiger partial charge on any atom is 0.277 e. The number of halogens is 1. The number of para-hydroxylation sites is 1. The zero-order valence-electron chi connectivity index (χ0n) is 14.1. The molecule has 0 aromatic heterocycles. The Morgan fingerprint density at radius 3 is 2.26 bits per heavy atom. The molecule has 4 aromatic rings. The predicted octanol–water partition coefficient (Wildman–Crippen LogP) is 5.93. The summed E-state index contributed by atoms with van der Waals surface area (Å²) in [7, 11) is 0. The third-order valence-electron chi connectivity index (χ3n) is 4.57. The van der Waals surface area contributed by atoms with Crippen LogP contribution in [0.1, 0.15) is 0 Å². The van der Waals surface area contributed by atoms with Gasteiger partial charge in [0.25, 0.3) is 5.69 Å². The Bertz CT molecular complexity index is 1190. The van der Waals surface area contributed by atoms with Crippen molar-refractivity contribution in [2.75, 3.05) is 0 Å². The van der Waals surface area contributed by atoms with E-state index in [2.05, 4.69) is 0 Å². The summed E-state index contributed by atoms with van der Waals surface area (Å²) in [5.74, 6) is -0.556. The molecule has 0 saturated heterocycles. The highest BCUT2D eigenvalue weighted by atomic mass is 19.1. The number of aromatic hydroxyl groups is 1. The van der Waals surface area contributed by atoms with Gasteiger partial charge in [0.1, 0.15) is 11.6 Å². The van der Waals surface area contributed by atoms with Crippen molar-refractivity contribution in [3.05, 3.63) is 94.8 Å². The summed E-state index contributed by atoms with van der Waals surface area (Å²) in [6.07, 6.45) is 0. The van der Waals surface area contributed by atoms with Gasteiger partial charge in [0.2, 0.25) is 0 Å². The van der Waals surface area contributed by atoms with Crippen LogP contribution < -0.4 is 0 Å². The number of phenols is 1. The van der Waals surface area contributed by atoms with Gasteiger partial charge in [-0.3, -0.25) is 10.1 Å². The normalized spacial score (nSPS) is 10.9. The van der Waals surface area contributed by atoms with Gasteiger partial charge in [-0.25, -0.2) is 4.39 Å². The summed E-state index contributed by atoms with van der Waals surface area (Å²) in [5, 5.41) is 23.0. The van der Waals surface area contributed by atoms with Crippen LogP contribution in [0.5, 0.6) is 5.75 Å². The van der Waals surface area contributed by atoms with Gasteiger partial charge in [-0.05, 0) is 11.5 Å². The van der Waals surface area contributed by atoms with Gasteiger partial charge < -0.3 is 5.11 Å². The summed E-state index contributed by atoms with van der Waals surface area (Å²) >= 11 is 0. The molecule has 0 aliphatic rings. The lowest BCUT2D eigenvalue weighted by atomic mass is 9.91. The Hall–Kier alpha value is -3.73. The Morgan fingerprint density at radius 1 is 0.778 bits per heavy atom. The molecule has 0 spiro atoms. The van der Waals surface area contributed by atoms with Crippen molar-refractivity contribution in [1.29, 1.82) is 0 Å². The molecule has 0 heterocycles. The molecule has 4 aromatic carbocycles. The van der Waals surface area contributed by atoms with Crippen LogP contribution in [0.2, 0.25) is 0 Å². The van der Waals surface area contributed by atoms with Crippen LogP contribution in [0.4, 0.5) is 10.1 Å². The maximum absolute atomic E-state index is 15.3. The summed E-state index contributed by atoms with van der Waals surface area (Å²) in [6, 6.07) is 21.3. The summed E-state index contributed by atoms with van der Waals surface area (Å²) < 4.78 is 15.3. The minimum atomic E-state index is -0.534. The SMILES string of the molecule is O=[N+]([O-])c1cccc(-c2ccccc2O)c1-c1ccc2ccccc2c1F. The van der Waals surface area contributed by atoms with Gasteiger partial charge in [0, 0.05) is 28.1 Å². The average Bonchev–Trinajstić information content (AvgIpc) is 2.68. The third-order valence-corrected chi connectivity index (χ3v) is 4.57. The Morgan fingerprint density at radius 2 is 1.48 bits per heavy atom. The van der Waals surface area contributed by atoms with Gasteiger partial charge in [0.05, 0.1) is 10.5 Å². The Labute approximate surface area is 154 Å². The summed E-state index contributed by atoms with van der Waals surface area (Å²) in [5.41, 5.74) is 0.858. The van der Waals surface area contributed by atoms with E-state index < -0.39 is 10.7 Å². The molecule has 4 rings (SSSR count). The number of rotatable bonds is 3. The van der Waals surface area contributed by atoms with E-state index in [0.29, 0.717) is 21.9 Å². The van der Waals surface area contributed by atoms with Crippen molar-refractivity contribution in [3.63, 3.8) is 0 Å². The third kappa shape index (κ3) is 2.79. The molecule has 27 heavy (non-hydrogen) atoms. The Balaban J connectivity index is 2.10. The average molecular weight is 359 g/mol. The number of nitro groups is 1. The molecule has 0 amide bonds. The highest BCUT2D eigenvalue weighted by Gasteiger charge is 2.24. The van der Waals surface area contributed by atoms with Crippen molar-refractivity contribution < 1.29 is 14.4 Å². The highest BCUT2D eigenvalue weighted by Crippen LogP contribution is 2.43. The first-order valence-electron chi connectivity index (χ1n) is 8.31. The number of nitro benzene ring substituents is 1. The molecule has 0 unspecified atom stereocenters. The molecular weight excluding hydrogens is 345 g/mol. The van der Waals surface area contributed by atoms with Crippen molar-refractivity contribution in [3.8, 4) is 28.0 Å². The van der Waals surface area contributed by atoms with E-state index in [1.807, 2.05) is 0 Å². The second-order valence-electron chi connectivity index (χ2n) is 6.12. The second-order valence-corrected chi connectivity index (χ2v) is 6.12. The highest BCUT2D eigenvalue weighted by molar-refractivity contribution is 5.96. The monoisotopic (exact) mass is 359 g/mol. The lowest BCUT2D eigenvalue weighted by Crippen LogP contribution is -1.97. The minimum absolute atomic E-state index is 0.0274. The minimum Gasteiger partial charge on any atom is -0.507 e. The topological polar surface area (TPSA) is 63.4 Å². The van der Waals surface area contributed by atoms with Crippen LogP contribution in [0.3, 0.4) is 0 Å². The van der Waals surface area contributed by atoms with E-state index in [-0.39, 0.29) is 22.6 Å². The number of nitrogens with zero attached hydrogens (tertiary/aromatic N) is 1. The zero-order chi connectivity index (χ0) is 19.0. The van der Waals surface area contributed by atoms with E-state index in [4.69, 9.17) is 0 Å². The Kier molecular flexibility index (Phi) is 4.05. The first kappa shape index (κ1) is 16.7. The predicted molar refractivity (Wildman–Crippen MR) is 103 cm³/mol. The van der Waals surface area contributed by atoms with Crippen molar-refractivity contribution in [2.45, 2.75) is 0 Å². The molecule has 4 nitrogen and oxygen atoms in total. The van der Waals surface area contributed by atoms with Gasteiger partial charge in [-0.2, -0.15) is 0 Å². The number of phenolic OH excluding ortho intramolecular Hbond substituents is 1. The molecule has 0 radical (unpaired) electrons. The van der Waals surface area contributed by atoms with E-state index >= 15 is 4.39 Å². The fraction of sp³-hybridized carbons (Fsp3) is 0. The molecule has 132 valence electrons. The van der Waals surface area contributed by atoms with Gasteiger partial charge in [-0.15, -0.1) is 0 Å². The van der Waals surface area contributed by atoms with Gasteiger partial charge in [-0.1, -0.05) is 66.7 Å². The zero-order valence-corrected chi connectivity index (χ0v) is 14.1. The molecule has 5 heteroatoms. The van der Waals surface area contributed by atoms with E-state index in [9.17, 15) is 15.2 Å². The number of hydrogen-bond donors (Lipinski definition) is 1. The number of hydrogen-bond acceptors (Lipinski definition) is 3. The maximum atomic E-state index is 15.3. The molecule has 0 aliphatic carbocycles. The first-order chi connectivity index (χ1) is 13.1. The van der Waals surface area contributed by atoms with Crippen LogP contribution in [0.25, 0.3) is 33.0 Å². The van der Waals surface area contributed by atoms with Crippen LogP contribution in [-0.2, 0) is 0 Å². The molecule has 0 saturated carbocycles. The fourth-order valence-electron chi connectivity index (χ4n) is 3.33. The molecular formula is C22H14FNO3. The van der Waals surface area contributed by atoms with Crippen molar-refractivity contribution >= 4 is 16.5 Å². The quantitative estimate of drug-likeness (QED) is 0.364. The van der Waals surface area contributed by atoms with Crippen LogP contribution in [0, 0.1) is 15.9 Å². The largest absolute Gasteiger partial charge is 0.507 e. The summed E-state index contributed by atoms with van der Waals surface area (Å²) in [6.45, 7) is 0. The molecule has 0 bridgehead atoms. The smallest absolute Gasteiger partial charge is 0.277 e. The number of benzene rings is 4. The second kappa shape index (κ2) is 6.53. The lowest BCUT2D eigenvalue weighted by Gasteiger charge is -2.14. The van der Waals surface area contributed by atoms with Crippen molar-refractivity contribution in [1.82, 2.24) is 0 Å². The van der Waals surface area contributed by atoms with Crippen LogP contribution in [0.15, 0.2) is 78.9 Å². The van der Waals surface area contributed by atoms with Crippen LogP contribution >= 0.6 is 0 Å². The molecule has 1 N–H and O–H groups in total. The van der Waals surface area contributed by atoms with E-state index in [0.717, 1.165) is 0 Å². The standard InChI is InChI=1S/C22H14FNO3/c23-22-15-7-2-1-6-14(15)12-13-18(22)21-17(9-5-10-19(21)24(26)27)16-8-3-4-11-20(16)25/h1-13,25H. The molecule has 0 fully saturated rings. The summed E-state index contributed by atoms with van der Waals surface area (Å²) in [4.78, 5) is 11.1. The fourth-order valence-corrected chi connectivity index (χ4v) is 3.33. The van der Waals surface area contributed by atoms with Gasteiger partial charge in [0.15, 0.2) is 0 Å². The number of fused-ring (bicyclic) bond motifs is 1. The molecule has 0 atom stereocenters. The van der Waals surface area contributed by atoms with E-state index in [1.165, 1.54) is 18.2 Å². The van der Waals surface area contributed by atoms with E-state index in [1.54, 1.807) is 60.7 Å². The lowest BCUT2D eigenvalue weighted by molar-refractivity contribution is -0.384. The molecule has 0 aliphatic heterocycles. The van der Waals surface area contributed by atoms with Crippen molar-refractivity contribution in [2.24, 2.45) is 0 Å². The van der Waals surface area contributed by atoms with Gasteiger partial charge >= 0.3 is 0 Å². The van der Waals surface area contributed by atoms with Crippen LogP contribution in [-0.4, -0.2) is 10.0 Å².